The van der Waals surface area contributed by atoms with Crippen LogP contribution in [0.3, 0.4) is 0 Å². The molecule has 4 heteroatoms. The summed E-state index contributed by atoms with van der Waals surface area (Å²) in [7, 11) is 0. The van der Waals surface area contributed by atoms with Gasteiger partial charge in [-0.3, -0.25) is 0 Å². The number of nitrogens with two attached hydrogens (primary N) is 1. The van der Waals surface area contributed by atoms with Crippen LogP contribution < -0.4 is 10.9 Å². The molecule has 0 spiro atoms. The van der Waals surface area contributed by atoms with E-state index in [1.54, 1.807) is 6.08 Å². The van der Waals surface area contributed by atoms with Crippen LogP contribution in [0, 0.1) is 0 Å². The largest absolute Gasteiger partial charge is 0.497 e. The molecular formula is C5H8N2O2. The Morgan fingerprint density at radius 1 is 1.78 bits per heavy atom. The minimum atomic E-state index is -1.25. The SMILES string of the molecule is N[N+]1(C(=O)[O-])C=CCC1. The highest BCUT2D eigenvalue weighted by Gasteiger charge is 2.25. The predicted molar refractivity (Wildman–Crippen MR) is 28.5 cm³/mol. The highest BCUT2D eigenvalue weighted by atomic mass is 16.4. The Bertz CT molecular complexity index is 166. The fourth-order valence-electron chi connectivity index (χ4n) is 0.777. The van der Waals surface area contributed by atoms with Gasteiger partial charge < -0.3 is 9.90 Å². The summed E-state index contributed by atoms with van der Waals surface area (Å²) in [5, 5.41) is 10.2. The lowest BCUT2D eigenvalue weighted by Gasteiger charge is -2.23. The van der Waals surface area contributed by atoms with E-state index in [1.165, 1.54) is 6.20 Å². The Labute approximate surface area is 52.7 Å². The fourth-order valence-corrected chi connectivity index (χ4v) is 0.777. The van der Waals surface area contributed by atoms with Crippen LogP contribution in [0.2, 0.25) is 0 Å². The third-order valence-electron chi connectivity index (χ3n) is 1.38. The molecule has 0 saturated carbocycles. The molecule has 0 radical (unpaired) electrons. The van der Waals surface area contributed by atoms with Crippen molar-refractivity contribution in [3.05, 3.63) is 12.3 Å². The first-order chi connectivity index (χ1) is 4.15. The van der Waals surface area contributed by atoms with Crippen LogP contribution in [0.25, 0.3) is 0 Å². The molecular weight excluding hydrogens is 120 g/mol. The first kappa shape index (κ1) is 6.25. The summed E-state index contributed by atoms with van der Waals surface area (Å²) in [4.78, 5) is 10.2. The standard InChI is InChI=1S/C5H8N2O2/c6-7(5(8)9)3-1-2-4-7/h1,3H,2,4,6H2. The first-order valence-corrected chi connectivity index (χ1v) is 2.71. The highest BCUT2D eigenvalue weighted by Crippen LogP contribution is 2.08. The van der Waals surface area contributed by atoms with Gasteiger partial charge in [0.05, 0.1) is 0 Å². The van der Waals surface area contributed by atoms with Gasteiger partial charge in [-0.1, -0.05) is 0 Å². The van der Waals surface area contributed by atoms with Gasteiger partial charge in [0.1, 0.15) is 12.7 Å². The number of hydrogen-bond acceptors (Lipinski definition) is 3. The molecule has 1 amide bonds. The van der Waals surface area contributed by atoms with E-state index in [4.69, 9.17) is 5.84 Å². The minimum Gasteiger partial charge on any atom is -0.497 e. The first-order valence-electron chi connectivity index (χ1n) is 2.71. The van der Waals surface area contributed by atoms with Crippen LogP contribution in [0.5, 0.6) is 0 Å². The third-order valence-corrected chi connectivity index (χ3v) is 1.38. The van der Waals surface area contributed by atoms with Crippen LogP contribution in [0.15, 0.2) is 12.3 Å². The van der Waals surface area contributed by atoms with Gasteiger partial charge in [0, 0.05) is 6.42 Å². The Balaban J connectivity index is 2.74. The lowest BCUT2D eigenvalue weighted by Crippen LogP contribution is -2.58. The van der Waals surface area contributed by atoms with E-state index >= 15 is 0 Å². The fraction of sp³-hybridized carbons (Fsp3) is 0.400. The lowest BCUT2D eigenvalue weighted by atomic mass is 10.5. The van der Waals surface area contributed by atoms with E-state index in [-0.39, 0.29) is 0 Å². The zero-order valence-corrected chi connectivity index (χ0v) is 4.91. The average Bonchev–Trinajstić information content (AvgIpc) is 2.16. The topological polar surface area (TPSA) is 66.2 Å². The molecule has 1 atom stereocenters. The Kier molecular flexibility index (Phi) is 1.27. The molecule has 1 unspecified atom stereocenters. The molecule has 0 aromatic carbocycles. The molecule has 9 heavy (non-hydrogen) atoms. The molecule has 0 fully saturated rings. The predicted octanol–water partition coefficient (Wildman–Crippen LogP) is -1.06. The summed E-state index contributed by atoms with van der Waals surface area (Å²) in [5.74, 6) is 5.29. The molecule has 0 aliphatic carbocycles. The number of carboxylic acid groups (broad SMARTS) is 1. The van der Waals surface area contributed by atoms with Crippen molar-refractivity contribution in [2.45, 2.75) is 6.42 Å². The van der Waals surface area contributed by atoms with Crippen LogP contribution >= 0.6 is 0 Å². The molecule has 0 saturated heterocycles. The van der Waals surface area contributed by atoms with E-state index in [2.05, 4.69) is 0 Å². The maximum atomic E-state index is 10.2. The van der Waals surface area contributed by atoms with E-state index in [0.717, 1.165) is 0 Å². The number of nitrogens with zero attached hydrogens (tertiary/aromatic N) is 1. The van der Waals surface area contributed by atoms with Gasteiger partial charge in [-0.2, -0.15) is 10.4 Å². The van der Waals surface area contributed by atoms with Crippen molar-refractivity contribution in [3.8, 4) is 0 Å². The minimum absolute atomic E-state index is 0.405. The van der Waals surface area contributed by atoms with Gasteiger partial charge >= 0.3 is 0 Å². The van der Waals surface area contributed by atoms with Crippen molar-refractivity contribution in [1.82, 2.24) is 0 Å². The highest BCUT2D eigenvalue weighted by molar-refractivity contribution is 5.54. The smallest absolute Gasteiger partial charge is 0.282 e. The molecule has 4 nitrogen and oxygen atoms in total. The number of hydrogen-bond donors (Lipinski definition) is 1. The maximum absolute atomic E-state index is 10.2. The summed E-state index contributed by atoms with van der Waals surface area (Å²) in [5.41, 5.74) is 0. The Hall–Kier alpha value is -0.870. The molecule has 50 valence electrons. The number of rotatable bonds is 0. The molecule has 0 bridgehead atoms. The van der Waals surface area contributed by atoms with Crippen molar-refractivity contribution in [1.29, 1.82) is 0 Å². The number of amides is 1. The van der Waals surface area contributed by atoms with Crippen LogP contribution in [0.1, 0.15) is 6.42 Å². The molecule has 0 aromatic rings. The van der Waals surface area contributed by atoms with E-state index in [9.17, 15) is 9.90 Å². The zero-order valence-electron chi connectivity index (χ0n) is 4.91. The van der Waals surface area contributed by atoms with Crippen molar-refractivity contribution in [3.63, 3.8) is 0 Å². The number of carbonyl (C=O) groups excluding carboxylic acids is 1. The van der Waals surface area contributed by atoms with Gasteiger partial charge in [-0.05, 0) is 6.08 Å². The van der Waals surface area contributed by atoms with Gasteiger partial charge in [0.25, 0.3) is 6.09 Å². The monoisotopic (exact) mass is 128 g/mol. The molecule has 1 aliphatic heterocycles. The van der Waals surface area contributed by atoms with Gasteiger partial charge in [0.2, 0.25) is 0 Å². The van der Waals surface area contributed by atoms with Crippen molar-refractivity contribution in [2.75, 3.05) is 6.54 Å². The van der Waals surface area contributed by atoms with E-state index < -0.39 is 10.7 Å². The third kappa shape index (κ3) is 0.940. The summed E-state index contributed by atoms with van der Waals surface area (Å²) >= 11 is 0. The second-order valence-electron chi connectivity index (χ2n) is 2.09. The molecule has 1 rings (SSSR count). The second-order valence-corrected chi connectivity index (χ2v) is 2.09. The summed E-state index contributed by atoms with van der Waals surface area (Å²) in [6.07, 6.45) is 2.62. The van der Waals surface area contributed by atoms with Gasteiger partial charge in [-0.25, -0.2) is 0 Å². The lowest BCUT2D eigenvalue weighted by molar-refractivity contribution is -0.833. The number of carbonyl (C=O) groups is 1. The zero-order chi connectivity index (χ0) is 6.91. The quantitative estimate of drug-likeness (QED) is 0.257. The number of quaternary nitrogens is 1. The van der Waals surface area contributed by atoms with E-state index in [0.29, 0.717) is 13.0 Å². The second kappa shape index (κ2) is 1.82. The average molecular weight is 128 g/mol. The van der Waals surface area contributed by atoms with Crippen LogP contribution in [-0.2, 0) is 0 Å². The maximum Gasteiger partial charge on any atom is 0.282 e. The molecule has 2 N–H and O–H groups in total. The normalized spacial score (nSPS) is 33.0. The van der Waals surface area contributed by atoms with Crippen LogP contribution in [-0.4, -0.2) is 17.2 Å². The summed E-state index contributed by atoms with van der Waals surface area (Å²) in [6, 6.07) is 0. The van der Waals surface area contributed by atoms with E-state index in [1.807, 2.05) is 0 Å². The Morgan fingerprint density at radius 2 is 2.44 bits per heavy atom. The van der Waals surface area contributed by atoms with Crippen molar-refractivity contribution < 1.29 is 14.5 Å². The van der Waals surface area contributed by atoms with Gasteiger partial charge in [0.15, 0.2) is 0 Å². The summed E-state index contributed by atoms with van der Waals surface area (Å²) in [6.45, 7) is 0.405. The Morgan fingerprint density at radius 3 is 2.67 bits per heavy atom. The molecule has 1 aliphatic rings. The molecule has 1 heterocycles. The molecule has 0 aromatic heterocycles. The van der Waals surface area contributed by atoms with Crippen molar-refractivity contribution >= 4 is 6.09 Å². The van der Waals surface area contributed by atoms with Crippen molar-refractivity contribution in [2.24, 2.45) is 5.84 Å². The van der Waals surface area contributed by atoms with Crippen LogP contribution in [0.4, 0.5) is 4.79 Å². The van der Waals surface area contributed by atoms with Gasteiger partial charge in [-0.15, -0.1) is 0 Å². The summed E-state index contributed by atoms with van der Waals surface area (Å²) < 4.78 is -0.569.